The van der Waals surface area contributed by atoms with Crippen LogP contribution < -0.4 is 16.4 Å². The number of hydrogen-bond donors (Lipinski definition) is 3. The number of carbonyl (C=O) groups excluding carboxylic acids is 2. The standard InChI is InChI=1S/C17H20N4O2/c18-15(22)17(7-3-4-8-17)21-16(23)20-11-12-9-13-5-1-2-6-14(13)19-10-12/h1-2,5-6,9-10H,3-4,7-8,11H2,(H2,18,22)(H2,20,21,23). The second-order valence-electron chi connectivity index (χ2n) is 6.00. The average Bonchev–Trinajstić information content (AvgIpc) is 3.02. The van der Waals surface area contributed by atoms with E-state index in [1.54, 1.807) is 6.20 Å². The molecule has 1 aliphatic carbocycles. The van der Waals surface area contributed by atoms with E-state index >= 15 is 0 Å². The number of pyridine rings is 1. The van der Waals surface area contributed by atoms with Crippen molar-refractivity contribution in [3.8, 4) is 0 Å². The van der Waals surface area contributed by atoms with Crippen molar-refractivity contribution in [1.29, 1.82) is 0 Å². The number of nitrogens with one attached hydrogen (secondary N) is 2. The number of hydrogen-bond acceptors (Lipinski definition) is 3. The molecule has 120 valence electrons. The van der Waals surface area contributed by atoms with Crippen LogP contribution in [0.2, 0.25) is 0 Å². The quantitative estimate of drug-likeness (QED) is 0.803. The van der Waals surface area contributed by atoms with Gasteiger partial charge in [0.15, 0.2) is 0 Å². The van der Waals surface area contributed by atoms with Crippen molar-refractivity contribution in [2.75, 3.05) is 0 Å². The van der Waals surface area contributed by atoms with Crippen LogP contribution >= 0.6 is 0 Å². The third kappa shape index (κ3) is 3.26. The summed E-state index contributed by atoms with van der Waals surface area (Å²) in [5.74, 6) is -0.461. The van der Waals surface area contributed by atoms with Gasteiger partial charge in [0, 0.05) is 18.1 Å². The lowest BCUT2D eigenvalue weighted by Crippen LogP contribution is -2.57. The van der Waals surface area contributed by atoms with Crippen molar-refractivity contribution >= 4 is 22.8 Å². The Morgan fingerprint density at radius 1 is 1.22 bits per heavy atom. The van der Waals surface area contributed by atoms with Gasteiger partial charge < -0.3 is 16.4 Å². The number of rotatable bonds is 4. The molecule has 1 saturated carbocycles. The molecule has 6 heteroatoms. The fraction of sp³-hybridized carbons (Fsp3) is 0.353. The van der Waals surface area contributed by atoms with Crippen molar-refractivity contribution in [2.45, 2.75) is 37.8 Å². The highest BCUT2D eigenvalue weighted by Gasteiger charge is 2.40. The fourth-order valence-corrected chi connectivity index (χ4v) is 3.07. The summed E-state index contributed by atoms with van der Waals surface area (Å²) in [6.07, 6.45) is 4.75. The Balaban J connectivity index is 1.62. The molecule has 0 aliphatic heterocycles. The van der Waals surface area contributed by atoms with E-state index in [1.165, 1.54) is 0 Å². The molecule has 23 heavy (non-hydrogen) atoms. The van der Waals surface area contributed by atoms with E-state index in [1.807, 2.05) is 30.3 Å². The first-order chi connectivity index (χ1) is 11.1. The zero-order valence-corrected chi connectivity index (χ0v) is 12.8. The first-order valence-corrected chi connectivity index (χ1v) is 7.79. The largest absolute Gasteiger partial charge is 0.368 e. The Morgan fingerprint density at radius 2 is 1.96 bits per heavy atom. The summed E-state index contributed by atoms with van der Waals surface area (Å²) >= 11 is 0. The van der Waals surface area contributed by atoms with Gasteiger partial charge in [-0.2, -0.15) is 0 Å². The summed E-state index contributed by atoms with van der Waals surface area (Å²) < 4.78 is 0. The van der Waals surface area contributed by atoms with Gasteiger partial charge in [0.1, 0.15) is 5.54 Å². The van der Waals surface area contributed by atoms with Gasteiger partial charge in [0.2, 0.25) is 5.91 Å². The van der Waals surface area contributed by atoms with Crippen LogP contribution in [0.25, 0.3) is 10.9 Å². The molecule has 0 spiro atoms. The lowest BCUT2D eigenvalue weighted by molar-refractivity contribution is -0.123. The molecular formula is C17H20N4O2. The maximum Gasteiger partial charge on any atom is 0.315 e. The Bertz CT molecular complexity index is 738. The van der Waals surface area contributed by atoms with Crippen LogP contribution in [0.4, 0.5) is 4.79 Å². The van der Waals surface area contributed by atoms with Gasteiger partial charge in [-0.15, -0.1) is 0 Å². The average molecular weight is 312 g/mol. The molecule has 0 radical (unpaired) electrons. The van der Waals surface area contributed by atoms with Gasteiger partial charge in [-0.1, -0.05) is 31.0 Å². The third-order valence-corrected chi connectivity index (χ3v) is 4.38. The lowest BCUT2D eigenvalue weighted by atomic mass is 9.97. The number of para-hydroxylation sites is 1. The molecule has 1 aromatic heterocycles. The maximum atomic E-state index is 12.1. The Morgan fingerprint density at radius 3 is 2.70 bits per heavy atom. The molecule has 1 heterocycles. The summed E-state index contributed by atoms with van der Waals surface area (Å²) in [7, 11) is 0. The molecule has 0 bridgehead atoms. The fourth-order valence-electron chi connectivity index (χ4n) is 3.07. The second kappa shape index (κ2) is 6.24. The number of amides is 3. The highest BCUT2D eigenvalue weighted by atomic mass is 16.2. The number of aromatic nitrogens is 1. The molecule has 1 fully saturated rings. The zero-order valence-electron chi connectivity index (χ0n) is 12.8. The van der Waals surface area contributed by atoms with Crippen molar-refractivity contribution in [3.05, 3.63) is 42.1 Å². The minimum atomic E-state index is -0.897. The van der Waals surface area contributed by atoms with E-state index in [2.05, 4.69) is 15.6 Å². The maximum absolute atomic E-state index is 12.1. The van der Waals surface area contributed by atoms with E-state index in [0.29, 0.717) is 19.4 Å². The SMILES string of the molecule is NC(=O)C1(NC(=O)NCc2cnc3ccccc3c2)CCCC1. The molecule has 0 atom stereocenters. The summed E-state index contributed by atoms with van der Waals surface area (Å²) in [6.45, 7) is 0.346. The van der Waals surface area contributed by atoms with Gasteiger partial charge >= 0.3 is 6.03 Å². The summed E-state index contributed by atoms with van der Waals surface area (Å²) in [5.41, 5.74) is 6.38. The van der Waals surface area contributed by atoms with Crippen LogP contribution in [-0.4, -0.2) is 22.5 Å². The van der Waals surface area contributed by atoms with Gasteiger partial charge in [0.25, 0.3) is 0 Å². The van der Waals surface area contributed by atoms with E-state index in [-0.39, 0.29) is 6.03 Å². The highest BCUT2D eigenvalue weighted by molar-refractivity contribution is 5.90. The van der Waals surface area contributed by atoms with Crippen molar-refractivity contribution in [3.63, 3.8) is 0 Å². The molecular weight excluding hydrogens is 292 g/mol. The Hall–Kier alpha value is -2.63. The number of fused-ring (bicyclic) bond motifs is 1. The minimum Gasteiger partial charge on any atom is -0.368 e. The first-order valence-electron chi connectivity index (χ1n) is 7.79. The summed E-state index contributed by atoms with van der Waals surface area (Å²) in [6, 6.07) is 9.42. The number of carbonyl (C=O) groups is 2. The molecule has 4 N–H and O–H groups in total. The molecule has 1 aliphatic rings. The smallest absolute Gasteiger partial charge is 0.315 e. The van der Waals surface area contributed by atoms with Gasteiger partial charge in [0.05, 0.1) is 5.52 Å². The molecule has 3 amide bonds. The van der Waals surface area contributed by atoms with Crippen LogP contribution in [0.1, 0.15) is 31.2 Å². The molecule has 0 unspecified atom stereocenters. The van der Waals surface area contributed by atoms with E-state index < -0.39 is 11.4 Å². The second-order valence-corrected chi connectivity index (χ2v) is 6.00. The predicted octanol–water partition coefficient (Wildman–Crippen LogP) is 1.83. The highest BCUT2D eigenvalue weighted by Crippen LogP contribution is 2.29. The molecule has 2 aromatic rings. The molecule has 3 rings (SSSR count). The van der Waals surface area contributed by atoms with Gasteiger partial charge in [-0.3, -0.25) is 9.78 Å². The first kappa shape index (κ1) is 15.3. The van der Waals surface area contributed by atoms with Crippen molar-refractivity contribution in [1.82, 2.24) is 15.6 Å². The van der Waals surface area contributed by atoms with E-state index in [4.69, 9.17) is 5.73 Å². The number of benzene rings is 1. The van der Waals surface area contributed by atoms with Crippen LogP contribution in [0.5, 0.6) is 0 Å². The van der Waals surface area contributed by atoms with Gasteiger partial charge in [-0.25, -0.2) is 4.79 Å². The topological polar surface area (TPSA) is 97.1 Å². The minimum absolute atomic E-state index is 0.346. The predicted molar refractivity (Wildman–Crippen MR) is 87.5 cm³/mol. The number of primary amides is 1. The van der Waals surface area contributed by atoms with Crippen LogP contribution in [0.3, 0.4) is 0 Å². The van der Waals surface area contributed by atoms with Gasteiger partial charge in [-0.05, 0) is 30.5 Å². The normalized spacial score (nSPS) is 16.2. The molecule has 0 saturated heterocycles. The number of urea groups is 1. The number of nitrogens with zero attached hydrogens (tertiary/aromatic N) is 1. The monoisotopic (exact) mass is 312 g/mol. The van der Waals surface area contributed by atoms with Crippen LogP contribution in [0.15, 0.2) is 36.5 Å². The van der Waals surface area contributed by atoms with Crippen molar-refractivity contribution < 1.29 is 9.59 Å². The summed E-state index contributed by atoms with van der Waals surface area (Å²) in [5, 5.41) is 6.55. The molecule has 1 aromatic carbocycles. The Labute approximate surface area is 134 Å². The van der Waals surface area contributed by atoms with Crippen LogP contribution in [-0.2, 0) is 11.3 Å². The van der Waals surface area contributed by atoms with E-state index in [0.717, 1.165) is 29.3 Å². The third-order valence-electron chi connectivity index (χ3n) is 4.38. The van der Waals surface area contributed by atoms with Crippen LogP contribution in [0, 0.1) is 0 Å². The Kier molecular flexibility index (Phi) is 4.14. The van der Waals surface area contributed by atoms with E-state index in [9.17, 15) is 9.59 Å². The molecule has 6 nitrogen and oxygen atoms in total. The number of nitrogens with two attached hydrogens (primary N) is 1. The summed E-state index contributed by atoms with van der Waals surface area (Å²) in [4.78, 5) is 28.1. The lowest BCUT2D eigenvalue weighted by Gasteiger charge is -2.26. The zero-order chi connectivity index (χ0) is 16.3. The van der Waals surface area contributed by atoms with Crippen molar-refractivity contribution in [2.24, 2.45) is 5.73 Å².